The Kier molecular flexibility index (Phi) is 6.18. The first-order valence-corrected chi connectivity index (χ1v) is 8.51. The second-order valence-electron chi connectivity index (χ2n) is 4.37. The zero-order valence-electron chi connectivity index (χ0n) is 11.6. The van der Waals surface area contributed by atoms with Gasteiger partial charge in [-0.15, -0.1) is 11.3 Å². The number of nitrogens with zero attached hydrogens (tertiary/aromatic N) is 2. The molecule has 2 rings (SSSR count). The highest BCUT2D eigenvalue weighted by molar-refractivity contribution is 14.1. The molecule has 2 heterocycles. The standard InChI is InChI=1S/C14H18IN3OS/c1-3-6-16-14-13(15)11(9-19-2)17-12(18-14)8-10-5-4-7-20-10/h4-5,7H,3,6,8-9H2,1-2H3,(H,16,17,18). The predicted octanol–water partition coefficient (Wildman–Crippen LogP) is 3.70. The average molecular weight is 403 g/mol. The topological polar surface area (TPSA) is 47.0 Å². The van der Waals surface area contributed by atoms with Gasteiger partial charge in [0.25, 0.3) is 0 Å². The molecule has 0 atom stereocenters. The number of anilines is 1. The van der Waals surface area contributed by atoms with Gasteiger partial charge in [-0.2, -0.15) is 0 Å². The van der Waals surface area contributed by atoms with Crippen LogP contribution >= 0.6 is 33.9 Å². The fraction of sp³-hybridized carbons (Fsp3) is 0.429. The molecule has 4 nitrogen and oxygen atoms in total. The van der Waals surface area contributed by atoms with Gasteiger partial charge >= 0.3 is 0 Å². The SMILES string of the molecule is CCCNc1nc(Cc2cccs2)nc(COC)c1I. The van der Waals surface area contributed by atoms with E-state index < -0.39 is 0 Å². The fourth-order valence-electron chi connectivity index (χ4n) is 1.79. The maximum atomic E-state index is 5.24. The molecule has 0 amide bonds. The van der Waals surface area contributed by atoms with Crippen molar-refractivity contribution in [3.63, 3.8) is 0 Å². The first-order chi connectivity index (χ1) is 9.74. The summed E-state index contributed by atoms with van der Waals surface area (Å²) >= 11 is 4.02. The molecular weight excluding hydrogens is 385 g/mol. The van der Waals surface area contributed by atoms with E-state index in [0.29, 0.717) is 6.61 Å². The number of aromatic nitrogens is 2. The summed E-state index contributed by atoms with van der Waals surface area (Å²) in [5.74, 6) is 1.76. The number of nitrogens with one attached hydrogen (secondary N) is 1. The van der Waals surface area contributed by atoms with Crippen LogP contribution in [0.2, 0.25) is 0 Å². The maximum Gasteiger partial charge on any atom is 0.143 e. The van der Waals surface area contributed by atoms with Crippen molar-refractivity contribution in [3.05, 3.63) is 37.5 Å². The Bertz CT molecular complexity index is 546. The molecule has 0 bridgehead atoms. The van der Waals surface area contributed by atoms with E-state index in [0.717, 1.165) is 40.3 Å². The zero-order valence-corrected chi connectivity index (χ0v) is 14.6. The molecule has 0 spiro atoms. The van der Waals surface area contributed by atoms with Crippen LogP contribution in [0.15, 0.2) is 17.5 Å². The number of rotatable bonds is 7. The van der Waals surface area contributed by atoms with Crippen LogP contribution in [0.5, 0.6) is 0 Å². The van der Waals surface area contributed by atoms with E-state index >= 15 is 0 Å². The van der Waals surface area contributed by atoms with E-state index in [2.05, 4.69) is 62.3 Å². The Morgan fingerprint density at radius 1 is 1.40 bits per heavy atom. The number of halogens is 1. The van der Waals surface area contributed by atoms with Crippen LogP contribution in [0.1, 0.15) is 29.7 Å². The molecule has 20 heavy (non-hydrogen) atoms. The quantitative estimate of drug-likeness (QED) is 0.717. The van der Waals surface area contributed by atoms with Gasteiger partial charge in [-0.05, 0) is 40.5 Å². The lowest BCUT2D eigenvalue weighted by molar-refractivity contribution is 0.180. The highest BCUT2D eigenvalue weighted by atomic mass is 127. The van der Waals surface area contributed by atoms with E-state index in [-0.39, 0.29) is 0 Å². The molecule has 0 aliphatic heterocycles. The number of hydrogen-bond donors (Lipinski definition) is 1. The molecule has 0 unspecified atom stereocenters. The number of methoxy groups -OCH3 is 1. The second kappa shape index (κ2) is 7.90. The molecule has 2 aromatic heterocycles. The van der Waals surface area contributed by atoms with Crippen molar-refractivity contribution < 1.29 is 4.74 Å². The lowest BCUT2D eigenvalue weighted by Crippen LogP contribution is -2.11. The monoisotopic (exact) mass is 403 g/mol. The molecule has 0 aliphatic rings. The van der Waals surface area contributed by atoms with Crippen molar-refractivity contribution in [1.82, 2.24) is 9.97 Å². The minimum absolute atomic E-state index is 0.513. The number of thiophene rings is 1. The Labute approximate surface area is 137 Å². The molecule has 0 saturated carbocycles. The van der Waals surface area contributed by atoms with E-state index in [1.165, 1.54) is 4.88 Å². The van der Waals surface area contributed by atoms with Gasteiger partial charge in [0.15, 0.2) is 0 Å². The van der Waals surface area contributed by atoms with Crippen molar-refractivity contribution in [2.45, 2.75) is 26.4 Å². The number of ether oxygens (including phenoxy) is 1. The Morgan fingerprint density at radius 2 is 2.25 bits per heavy atom. The molecule has 6 heteroatoms. The van der Waals surface area contributed by atoms with Gasteiger partial charge in [-0.3, -0.25) is 0 Å². The van der Waals surface area contributed by atoms with Gasteiger partial charge in [0.2, 0.25) is 0 Å². The highest BCUT2D eigenvalue weighted by Crippen LogP contribution is 2.22. The third-order valence-corrected chi connectivity index (χ3v) is 4.71. The van der Waals surface area contributed by atoms with Crippen molar-refractivity contribution >= 4 is 39.7 Å². The smallest absolute Gasteiger partial charge is 0.143 e. The lowest BCUT2D eigenvalue weighted by Gasteiger charge is -2.12. The summed E-state index contributed by atoms with van der Waals surface area (Å²) < 4.78 is 6.29. The van der Waals surface area contributed by atoms with Crippen LogP contribution in [0, 0.1) is 3.57 Å². The molecular formula is C14H18IN3OS. The highest BCUT2D eigenvalue weighted by Gasteiger charge is 2.12. The third kappa shape index (κ3) is 4.13. The number of hydrogen-bond acceptors (Lipinski definition) is 5. The van der Waals surface area contributed by atoms with E-state index in [4.69, 9.17) is 4.74 Å². The summed E-state index contributed by atoms with van der Waals surface area (Å²) in [5, 5.41) is 5.45. The molecule has 0 fully saturated rings. The van der Waals surface area contributed by atoms with Gasteiger partial charge < -0.3 is 10.1 Å². The summed E-state index contributed by atoms with van der Waals surface area (Å²) in [4.78, 5) is 10.6. The Hall–Kier alpha value is -0.730. The molecule has 108 valence electrons. The normalized spacial score (nSPS) is 10.8. The summed E-state index contributed by atoms with van der Waals surface area (Å²) in [6, 6.07) is 4.17. The molecule has 0 aliphatic carbocycles. The summed E-state index contributed by atoms with van der Waals surface area (Å²) in [6.07, 6.45) is 1.84. The predicted molar refractivity (Wildman–Crippen MR) is 91.4 cm³/mol. The van der Waals surface area contributed by atoms with Gasteiger partial charge in [0.05, 0.1) is 15.9 Å². The van der Waals surface area contributed by atoms with Gasteiger partial charge in [-0.25, -0.2) is 9.97 Å². The molecule has 1 N–H and O–H groups in total. The molecule has 0 saturated heterocycles. The van der Waals surface area contributed by atoms with E-state index in [1.807, 2.05) is 0 Å². The van der Waals surface area contributed by atoms with Gasteiger partial charge in [0.1, 0.15) is 11.6 Å². The minimum Gasteiger partial charge on any atom is -0.378 e. The minimum atomic E-state index is 0.513. The average Bonchev–Trinajstić information content (AvgIpc) is 2.94. The summed E-state index contributed by atoms with van der Waals surface area (Å²) in [6.45, 7) is 3.57. The fourth-order valence-corrected chi connectivity index (χ4v) is 3.07. The Morgan fingerprint density at radius 3 is 2.90 bits per heavy atom. The maximum absolute atomic E-state index is 5.24. The second-order valence-corrected chi connectivity index (χ2v) is 6.48. The largest absolute Gasteiger partial charge is 0.378 e. The molecule has 0 radical (unpaired) electrons. The lowest BCUT2D eigenvalue weighted by atomic mass is 10.3. The molecule has 2 aromatic rings. The van der Waals surface area contributed by atoms with E-state index in [9.17, 15) is 0 Å². The Balaban J connectivity index is 2.28. The van der Waals surface area contributed by atoms with Crippen molar-refractivity contribution in [3.8, 4) is 0 Å². The first-order valence-electron chi connectivity index (χ1n) is 6.55. The zero-order chi connectivity index (χ0) is 14.4. The van der Waals surface area contributed by atoms with Gasteiger partial charge in [0, 0.05) is 25.0 Å². The van der Waals surface area contributed by atoms with Crippen LogP contribution in [0.25, 0.3) is 0 Å². The van der Waals surface area contributed by atoms with Crippen molar-refractivity contribution in [2.24, 2.45) is 0 Å². The van der Waals surface area contributed by atoms with Crippen LogP contribution in [-0.2, 0) is 17.8 Å². The van der Waals surface area contributed by atoms with Gasteiger partial charge in [-0.1, -0.05) is 13.0 Å². The van der Waals surface area contributed by atoms with Crippen LogP contribution in [0.4, 0.5) is 5.82 Å². The van der Waals surface area contributed by atoms with Crippen LogP contribution in [0.3, 0.4) is 0 Å². The van der Waals surface area contributed by atoms with Crippen molar-refractivity contribution in [2.75, 3.05) is 19.0 Å². The summed E-state index contributed by atoms with van der Waals surface area (Å²) in [5.41, 5.74) is 0.952. The third-order valence-electron chi connectivity index (χ3n) is 2.70. The van der Waals surface area contributed by atoms with Crippen LogP contribution < -0.4 is 5.32 Å². The molecule has 0 aromatic carbocycles. The van der Waals surface area contributed by atoms with E-state index in [1.54, 1.807) is 18.4 Å². The van der Waals surface area contributed by atoms with Crippen molar-refractivity contribution in [1.29, 1.82) is 0 Å². The summed E-state index contributed by atoms with van der Waals surface area (Å²) in [7, 11) is 1.69. The van der Waals surface area contributed by atoms with Crippen LogP contribution in [-0.4, -0.2) is 23.6 Å². The first kappa shape index (κ1) is 15.7.